The van der Waals surface area contributed by atoms with Crippen LogP contribution in [-0.4, -0.2) is 47.8 Å². The Hall–Kier alpha value is -3.23. The van der Waals surface area contributed by atoms with Crippen molar-refractivity contribution in [3.05, 3.63) is 88.2 Å². The van der Waals surface area contributed by atoms with Crippen molar-refractivity contribution in [3.8, 4) is 5.75 Å². The highest BCUT2D eigenvalue weighted by atomic mass is 79.9. The van der Waals surface area contributed by atoms with E-state index < -0.39 is 6.23 Å². The van der Waals surface area contributed by atoms with Crippen LogP contribution in [0.1, 0.15) is 29.8 Å². The highest BCUT2D eigenvalue weighted by Gasteiger charge is 2.35. The van der Waals surface area contributed by atoms with Gasteiger partial charge in [0.25, 0.3) is 0 Å². The van der Waals surface area contributed by atoms with Crippen LogP contribution in [0, 0.1) is 0 Å². The van der Waals surface area contributed by atoms with E-state index in [-0.39, 0.29) is 0 Å². The van der Waals surface area contributed by atoms with Crippen molar-refractivity contribution in [1.82, 2.24) is 14.9 Å². The van der Waals surface area contributed by atoms with Gasteiger partial charge in [-0.3, -0.25) is 4.98 Å². The number of hydrazone groups is 1. The maximum Gasteiger partial charge on any atom is 0.241 e. The topological polar surface area (TPSA) is 62.6 Å². The predicted octanol–water partition coefficient (Wildman–Crippen LogP) is 5.36. The van der Waals surface area contributed by atoms with E-state index >= 15 is 0 Å². The highest BCUT2D eigenvalue weighted by molar-refractivity contribution is 9.10. The number of methoxy groups -OCH3 is 1. The Bertz CT molecular complexity index is 1180. The first-order valence-electron chi connectivity index (χ1n) is 10.5. The number of benzene rings is 2. The van der Waals surface area contributed by atoms with Gasteiger partial charge < -0.3 is 14.4 Å². The van der Waals surface area contributed by atoms with Crippen LogP contribution in [0.15, 0.2) is 81.6 Å². The summed E-state index contributed by atoms with van der Waals surface area (Å²) in [5.41, 5.74) is 3.62. The molecule has 0 aliphatic carbocycles. The first-order valence-corrected chi connectivity index (χ1v) is 11.3. The van der Waals surface area contributed by atoms with Gasteiger partial charge in [-0.25, -0.2) is 10.0 Å². The van der Waals surface area contributed by atoms with Crippen LogP contribution in [0.4, 0.5) is 5.69 Å². The summed E-state index contributed by atoms with van der Waals surface area (Å²) >= 11 is 3.51. The van der Waals surface area contributed by atoms with Gasteiger partial charge in [0.1, 0.15) is 11.6 Å². The minimum atomic E-state index is -0.527. The van der Waals surface area contributed by atoms with Gasteiger partial charge in [0.2, 0.25) is 12.1 Å². The van der Waals surface area contributed by atoms with Crippen molar-refractivity contribution in [2.24, 2.45) is 10.1 Å². The van der Waals surface area contributed by atoms with Gasteiger partial charge in [0.05, 0.1) is 18.4 Å². The fourth-order valence-corrected chi connectivity index (χ4v) is 4.07. The normalized spacial score (nSPS) is 16.1. The average Bonchev–Trinajstić information content (AvgIpc) is 3.25. The van der Waals surface area contributed by atoms with Gasteiger partial charge in [-0.15, -0.1) is 5.10 Å². The minimum Gasteiger partial charge on any atom is -0.496 e. The zero-order valence-corrected chi connectivity index (χ0v) is 20.7. The molecule has 1 aliphatic rings. The molecular weight excluding hydrogens is 482 g/mol. The first-order chi connectivity index (χ1) is 16.0. The molecule has 0 fully saturated rings. The SMILES string of the molecule is COc1c(CN(C)C)cccc1C1OC(c2ccncc2)=NN1C(C)=Nc1cccc(Br)c1. The average molecular weight is 508 g/mol. The quantitative estimate of drug-likeness (QED) is 0.332. The Kier molecular flexibility index (Phi) is 7.05. The summed E-state index contributed by atoms with van der Waals surface area (Å²) < 4.78 is 13.2. The van der Waals surface area contributed by atoms with Crippen molar-refractivity contribution in [1.29, 1.82) is 0 Å². The summed E-state index contributed by atoms with van der Waals surface area (Å²) in [6.07, 6.45) is 2.92. The van der Waals surface area contributed by atoms with E-state index in [1.165, 1.54) is 0 Å². The van der Waals surface area contributed by atoms with Crippen molar-refractivity contribution in [2.45, 2.75) is 19.7 Å². The molecule has 0 saturated carbocycles. The molecule has 33 heavy (non-hydrogen) atoms. The molecule has 7 nitrogen and oxygen atoms in total. The number of nitrogens with zero attached hydrogens (tertiary/aromatic N) is 5. The van der Waals surface area contributed by atoms with E-state index in [1.54, 1.807) is 24.5 Å². The molecule has 1 aromatic heterocycles. The summed E-state index contributed by atoms with van der Waals surface area (Å²) in [6, 6.07) is 17.7. The molecule has 1 unspecified atom stereocenters. The third-order valence-corrected chi connectivity index (χ3v) is 5.58. The fourth-order valence-electron chi connectivity index (χ4n) is 3.68. The molecule has 4 rings (SSSR count). The largest absolute Gasteiger partial charge is 0.496 e. The molecule has 1 aliphatic heterocycles. The highest BCUT2D eigenvalue weighted by Crippen LogP contribution is 2.38. The molecular formula is C25H26BrN5O2. The van der Waals surface area contributed by atoms with Crippen LogP contribution >= 0.6 is 15.9 Å². The Labute approximate surface area is 202 Å². The molecule has 1 atom stereocenters. The second kappa shape index (κ2) is 10.1. The molecule has 170 valence electrons. The molecule has 0 amide bonds. The van der Waals surface area contributed by atoms with E-state index in [2.05, 4.69) is 31.9 Å². The van der Waals surface area contributed by atoms with Gasteiger partial charge in [-0.05, 0) is 57.4 Å². The monoisotopic (exact) mass is 507 g/mol. The molecule has 8 heteroatoms. The van der Waals surface area contributed by atoms with Gasteiger partial charge in [-0.1, -0.05) is 34.1 Å². The number of halogens is 1. The summed E-state index contributed by atoms with van der Waals surface area (Å²) in [5, 5.41) is 6.59. The third-order valence-electron chi connectivity index (χ3n) is 5.09. The van der Waals surface area contributed by atoms with Crippen molar-refractivity contribution in [2.75, 3.05) is 21.2 Å². The number of amidine groups is 1. The number of para-hydroxylation sites is 1. The minimum absolute atomic E-state index is 0.506. The first kappa shape index (κ1) is 22.9. The molecule has 2 aromatic carbocycles. The number of ether oxygens (including phenoxy) is 2. The van der Waals surface area contributed by atoms with Gasteiger partial charge in [0.15, 0.2) is 0 Å². The maximum absolute atomic E-state index is 6.40. The van der Waals surface area contributed by atoms with E-state index in [0.29, 0.717) is 11.7 Å². The number of aromatic nitrogens is 1. The maximum atomic E-state index is 6.40. The molecule has 0 radical (unpaired) electrons. The number of rotatable bonds is 6. The van der Waals surface area contributed by atoms with E-state index in [1.807, 2.05) is 69.6 Å². The fraction of sp³-hybridized carbons (Fsp3) is 0.240. The predicted molar refractivity (Wildman–Crippen MR) is 134 cm³/mol. The van der Waals surface area contributed by atoms with Gasteiger partial charge in [-0.2, -0.15) is 0 Å². The third kappa shape index (κ3) is 5.23. The molecule has 2 heterocycles. The lowest BCUT2D eigenvalue weighted by atomic mass is 10.1. The number of aliphatic imine (C=N–C) groups is 1. The zero-order chi connectivity index (χ0) is 23.4. The van der Waals surface area contributed by atoms with E-state index in [4.69, 9.17) is 19.6 Å². The molecule has 3 aromatic rings. The summed E-state index contributed by atoms with van der Waals surface area (Å²) in [4.78, 5) is 11.0. The van der Waals surface area contributed by atoms with Crippen molar-refractivity contribution in [3.63, 3.8) is 0 Å². The smallest absolute Gasteiger partial charge is 0.241 e. The van der Waals surface area contributed by atoms with E-state index in [9.17, 15) is 0 Å². The summed E-state index contributed by atoms with van der Waals surface area (Å²) in [7, 11) is 5.75. The zero-order valence-electron chi connectivity index (χ0n) is 19.1. The number of pyridine rings is 1. The Morgan fingerprint density at radius 1 is 1.15 bits per heavy atom. The number of hydrogen-bond acceptors (Lipinski definition) is 6. The number of hydrogen-bond donors (Lipinski definition) is 0. The standard InChI is InChI=1S/C25H26BrN5O2/c1-17(28-21-9-6-8-20(26)15-21)31-25(33-24(29-31)18-11-13-27-14-12-18)22-10-5-7-19(16-30(2)3)23(22)32-4/h5-15,25H,16H2,1-4H3. The molecule has 0 bridgehead atoms. The lowest BCUT2D eigenvalue weighted by molar-refractivity contribution is 0.107. The lowest BCUT2D eigenvalue weighted by Gasteiger charge is -2.25. The van der Waals surface area contributed by atoms with E-state index in [0.717, 1.165) is 39.1 Å². The van der Waals surface area contributed by atoms with Crippen LogP contribution in [0.3, 0.4) is 0 Å². The lowest BCUT2D eigenvalue weighted by Crippen LogP contribution is -2.26. The summed E-state index contributed by atoms with van der Waals surface area (Å²) in [5.74, 6) is 1.98. The second-order valence-electron chi connectivity index (χ2n) is 7.87. The second-order valence-corrected chi connectivity index (χ2v) is 8.79. The molecule has 0 saturated heterocycles. The van der Waals surface area contributed by atoms with Crippen molar-refractivity contribution >= 4 is 33.4 Å². The van der Waals surface area contributed by atoms with Crippen LogP contribution in [0.2, 0.25) is 0 Å². The van der Waals surface area contributed by atoms with Gasteiger partial charge >= 0.3 is 0 Å². The molecule has 0 N–H and O–H groups in total. The molecule has 0 spiro atoms. The Balaban J connectivity index is 1.78. The van der Waals surface area contributed by atoms with Crippen LogP contribution in [0.5, 0.6) is 5.75 Å². The summed E-state index contributed by atoms with van der Waals surface area (Å²) in [6.45, 7) is 2.67. The van der Waals surface area contributed by atoms with Crippen LogP contribution in [-0.2, 0) is 11.3 Å². The van der Waals surface area contributed by atoms with Crippen molar-refractivity contribution < 1.29 is 9.47 Å². The Morgan fingerprint density at radius 2 is 1.91 bits per heavy atom. The van der Waals surface area contributed by atoms with Crippen LogP contribution in [0.25, 0.3) is 0 Å². The van der Waals surface area contributed by atoms with Crippen LogP contribution < -0.4 is 4.74 Å². The Morgan fingerprint density at radius 3 is 2.61 bits per heavy atom. The van der Waals surface area contributed by atoms with Gasteiger partial charge in [0, 0.05) is 34.5 Å².